The van der Waals surface area contributed by atoms with Crippen LogP contribution in [0.2, 0.25) is 0 Å². The summed E-state index contributed by atoms with van der Waals surface area (Å²) in [5.41, 5.74) is 2.41. The highest BCUT2D eigenvalue weighted by molar-refractivity contribution is 5.96. The van der Waals surface area contributed by atoms with E-state index in [9.17, 15) is 9.59 Å². The van der Waals surface area contributed by atoms with E-state index in [1.54, 1.807) is 20.2 Å². The van der Waals surface area contributed by atoms with Crippen molar-refractivity contribution in [3.63, 3.8) is 0 Å². The third kappa shape index (κ3) is 3.55. The Morgan fingerprint density at radius 1 is 1.29 bits per heavy atom. The molecule has 2 aromatic rings. The van der Waals surface area contributed by atoms with Crippen molar-refractivity contribution in [2.45, 2.75) is 46.0 Å². The summed E-state index contributed by atoms with van der Waals surface area (Å²) < 4.78 is 5.15. The van der Waals surface area contributed by atoms with Crippen LogP contribution < -0.4 is 0 Å². The van der Waals surface area contributed by atoms with Gasteiger partial charge in [-0.15, -0.1) is 0 Å². The molecule has 2 aromatic heterocycles. The van der Waals surface area contributed by atoms with Gasteiger partial charge in [-0.25, -0.2) is 4.98 Å². The number of hydrogen-bond donors (Lipinski definition) is 1. The number of hydrogen-bond acceptors (Lipinski definition) is 5. The first kappa shape index (κ1) is 18.7. The minimum absolute atomic E-state index is 0.00841. The fraction of sp³-hybridized carbons (Fsp3) is 0.600. The molecule has 2 saturated heterocycles. The van der Waals surface area contributed by atoms with Gasteiger partial charge in [0.15, 0.2) is 0 Å². The van der Waals surface area contributed by atoms with Crippen molar-refractivity contribution in [2.75, 3.05) is 26.2 Å². The van der Waals surface area contributed by atoms with Gasteiger partial charge in [-0.3, -0.25) is 9.59 Å². The topological polar surface area (TPSA) is 95.3 Å². The normalized spacial score (nSPS) is 19.4. The van der Waals surface area contributed by atoms with Crippen LogP contribution in [0.5, 0.6) is 0 Å². The number of aryl methyl sites for hydroxylation is 2. The Bertz CT molecular complexity index is 830. The second kappa shape index (κ2) is 7.41. The summed E-state index contributed by atoms with van der Waals surface area (Å²) in [7, 11) is 0. The zero-order valence-corrected chi connectivity index (χ0v) is 16.5. The Kier molecular flexibility index (Phi) is 4.95. The van der Waals surface area contributed by atoms with Gasteiger partial charge in [0.25, 0.3) is 5.91 Å². The molecule has 28 heavy (non-hydrogen) atoms. The van der Waals surface area contributed by atoms with E-state index in [4.69, 9.17) is 4.52 Å². The number of carbonyl (C=O) groups is 2. The number of nitrogens with one attached hydrogen (secondary N) is 1. The molecule has 0 aromatic carbocycles. The molecule has 8 heteroatoms. The van der Waals surface area contributed by atoms with Crippen LogP contribution in [0.3, 0.4) is 0 Å². The van der Waals surface area contributed by atoms with Gasteiger partial charge in [-0.05, 0) is 38.5 Å². The lowest BCUT2D eigenvalue weighted by Gasteiger charge is -2.47. The predicted molar refractivity (Wildman–Crippen MR) is 102 cm³/mol. The molecule has 4 heterocycles. The molecule has 0 atom stereocenters. The number of likely N-dealkylation sites (tertiary alicyclic amines) is 2. The highest BCUT2D eigenvalue weighted by Crippen LogP contribution is 2.40. The van der Waals surface area contributed by atoms with Gasteiger partial charge < -0.3 is 19.3 Å². The third-order valence-corrected chi connectivity index (χ3v) is 6.31. The average molecular weight is 385 g/mol. The maximum absolute atomic E-state index is 12.9. The molecular formula is C20H27N5O3. The van der Waals surface area contributed by atoms with Crippen molar-refractivity contribution in [1.29, 1.82) is 0 Å². The zero-order chi connectivity index (χ0) is 19.7. The number of nitrogens with zero attached hydrogens (tertiary/aromatic N) is 4. The number of rotatable bonds is 4. The molecule has 1 spiro atoms. The maximum Gasteiger partial charge on any atom is 0.259 e. The number of aromatic amines is 1. The average Bonchev–Trinajstić information content (AvgIpc) is 3.32. The summed E-state index contributed by atoms with van der Waals surface area (Å²) in [5, 5.41) is 3.90. The molecule has 2 fully saturated rings. The second-order valence-corrected chi connectivity index (χ2v) is 8.13. The summed E-state index contributed by atoms with van der Waals surface area (Å²) in [4.78, 5) is 36.3. The molecule has 0 unspecified atom stereocenters. The van der Waals surface area contributed by atoms with E-state index < -0.39 is 0 Å². The Morgan fingerprint density at radius 2 is 2.07 bits per heavy atom. The van der Waals surface area contributed by atoms with Crippen LogP contribution >= 0.6 is 0 Å². The highest BCUT2D eigenvalue weighted by Gasteiger charge is 2.42. The smallest absolute Gasteiger partial charge is 0.259 e. The number of amides is 2. The van der Waals surface area contributed by atoms with E-state index in [0.29, 0.717) is 43.1 Å². The first-order valence-electron chi connectivity index (χ1n) is 9.95. The molecule has 2 amide bonds. The van der Waals surface area contributed by atoms with E-state index in [1.807, 2.05) is 16.0 Å². The number of H-pyrrole nitrogens is 1. The number of aromatic nitrogens is 3. The minimum Gasteiger partial charge on any atom is -0.361 e. The summed E-state index contributed by atoms with van der Waals surface area (Å²) >= 11 is 0. The van der Waals surface area contributed by atoms with Gasteiger partial charge in [0.2, 0.25) is 5.91 Å². The summed E-state index contributed by atoms with van der Waals surface area (Å²) in [6.07, 6.45) is 7.63. The first-order valence-corrected chi connectivity index (χ1v) is 9.95. The van der Waals surface area contributed by atoms with Crippen LogP contribution in [0.4, 0.5) is 0 Å². The van der Waals surface area contributed by atoms with Gasteiger partial charge in [-0.2, -0.15) is 0 Å². The highest BCUT2D eigenvalue weighted by atomic mass is 16.5. The minimum atomic E-state index is 0.00841. The van der Waals surface area contributed by atoms with E-state index in [2.05, 4.69) is 15.1 Å². The van der Waals surface area contributed by atoms with Gasteiger partial charge in [0, 0.05) is 50.9 Å². The molecule has 2 aliphatic rings. The Labute approximate surface area is 164 Å². The summed E-state index contributed by atoms with van der Waals surface area (Å²) in [6.45, 7) is 6.51. The SMILES string of the molecule is Cc1noc(C)c1C(=O)N1CCC2(CCC(=O)N(CCc3cnc[nH]3)C2)CC1. The fourth-order valence-electron chi connectivity index (χ4n) is 4.52. The van der Waals surface area contributed by atoms with Crippen LogP contribution in [-0.2, 0) is 11.2 Å². The standard InChI is InChI=1S/C20H27N5O3/c1-14-18(15(2)28-23-14)19(27)24-9-6-20(7-10-24)5-3-17(26)25(12-20)8-4-16-11-21-13-22-16/h11,13H,3-10,12H2,1-2H3,(H,21,22). The lowest BCUT2D eigenvalue weighted by molar-refractivity contribution is -0.138. The van der Waals surface area contributed by atoms with Crippen molar-refractivity contribution in [3.05, 3.63) is 35.2 Å². The Hall–Kier alpha value is -2.64. The maximum atomic E-state index is 12.9. The van der Waals surface area contributed by atoms with Gasteiger partial charge >= 0.3 is 0 Å². The van der Waals surface area contributed by atoms with Crippen molar-refractivity contribution in [3.8, 4) is 0 Å². The van der Waals surface area contributed by atoms with Crippen LogP contribution in [0.15, 0.2) is 17.0 Å². The number of carbonyl (C=O) groups excluding carboxylic acids is 2. The molecule has 4 rings (SSSR count). The van der Waals surface area contributed by atoms with Crippen LogP contribution in [-0.4, -0.2) is 62.9 Å². The van der Waals surface area contributed by atoms with E-state index in [-0.39, 0.29) is 17.2 Å². The van der Waals surface area contributed by atoms with Gasteiger partial charge in [0.1, 0.15) is 11.3 Å². The monoisotopic (exact) mass is 385 g/mol. The second-order valence-electron chi connectivity index (χ2n) is 8.13. The lowest BCUT2D eigenvalue weighted by Crippen LogP contribution is -2.52. The summed E-state index contributed by atoms with van der Waals surface area (Å²) in [5.74, 6) is 0.824. The predicted octanol–water partition coefficient (Wildman–Crippen LogP) is 2.10. The first-order chi connectivity index (χ1) is 13.5. The van der Waals surface area contributed by atoms with Crippen molar-refractivity contribution in [1.82, 2.24) is 24.9 Å². The molecular weight excluding hydrogens is 358 g/mol. The molecule has 1 N–H and O–H groups in total. The number of piperidine rings is 2. The van der Waals surface area contributed by atoms with E-state index in [1.165, 1.54) is 0 Å². The van der Waals surface area contributed by atoms with Crippen molar-refractivity contribution >= 4 is 11.8 Å². The fourth-order valence-corrected chi connectivity index (χ4v) is 4.52. The number of imidazole rings is 1. The molecule has 150 valence electrons. The van der Waals surface area contributed by atoms with Crippen molar-refractivity contribution in [2.24, 2.45) is 5.41 Å². The molecule has 0 radical (unpaired) electrons. The summed E-state index contributed by atoms with van der Waals surface area (Å²) in [6, 6.07) is 0. The molecule has 0 saturated carbocycles. The third-order valence-electron chi connectivity index (χ3n) is 6.31. The molecule has 8 nitrogen and oxygen atoms in total. The van der Waals surface area contributed by atoms with Crippen LogP contribution in [0.1, 0.15) is 53.2 Å². The van der Waals surface area contributed by atoms with Crippen molar-refractivity contribution < 1.29 is 14.1 Å². The van der Waals surface area contributed by atoms with E-state index in [0.717, 1.165) is 37.9 Å². The van der Waals surface area contributed by atoms with E-state index >= 15 is 0 Å². The van der Waals surface area contributed by atoms with Crippen LogP contribution in [0.25, 0.3) is 0 Å². The molecule has 2 aliphatic heterocycles. The zero-order valence-electron chi connectivity index (χ0n) is 16.5. The van der Waals surface area contributed by atoms with Gasteiger partial charge in [-0.1, -0.05) is 5.16 Å². The molecule has 0 aliphatic carbocycles. The lowest BCUT2D eigenvalue weighted by atomic mass is 9.72. The Balaban J connectivity index is 1.37. The molecule has 0 bridgehead atoms. The van der Waals surface area contributed by atoms with Crippen LogP contribution in [0, 0.1) is 19.3 Å². The van der Waals surface area contributed by atoms with Gasteiger partial charge in [0.05, 0.1) is 12.0 Å². The quantitative estimate of drug-likeness (QED) is 0.870. The largest absolute Gasteiger partial charge is 0.361 e. The Morgan fingerprint density at radius 3 is 2.71 bits per heavy atom.